The molecule has 4 rings (SSSR count). The minimum atomic E-state index is -0.253. The molecule has 6 nitrogen and oxygen atoms in total. The van der Waals surface area contributed by atoms with Crippen LogP contribution in [0.4, 0.5) is 0 Å². The number of hydrogen-bond donors (Lipinski definition) is 0. The highest BCUT2D eigenvalue weighted by molar-refractivity contribution is 5.84. The van der Waals surface area contributed by atoms with Gasteiger partial charge in [-0.25, -0.2) is 4.98 Å². The molecule has 3 heterocycles. The Labute approximate surface area is 159 Å². The van der Waals surface area contributed by atoms with Crippen molar-refractivity contribution in [1.29, 1.82) is 5.26 Å². The fourth-order valence-electron chi connectivity index (χ4n) is 4.01. The molecular weight excluding hydrogens is 340 g/mol. The lowest BCUT2D eigenvalue weighted by Gasteiger charge is -2.23. The third-order valence-electron chi connectivity index (χ3n) is 5.43. The van der Waals surface area contributed by atoms with Gasteiger partial charge in [-0.1, -0.05) is 18.2 Å². The van der Waals surface area contributed by atoms with Crippen LogP contribution < -0.4 is 4.74 Å². The van der Waals surface area contributed by atoms with Crippen LogP contribution in [0.3, 0.4) is 0 Å². The molecule has 1 aromatic heterocycles. The third-order valence-corrected chi connectivity index (χ3v) is 5.43. The summed E-state index contributed by atoms with van der Waals surface area (Å²) in [5, 5.41) is 10.2. The first-order valence-electron chi connectivity index (χ1n) is 9.58. The van der Waals surface area contributed by atoms with E-state index in [9.17, 15) is 10.1 Å². The lowest BCUT2D eigenvalue weighted by Crippen LogP contribution is -2.42. The van der Waals surface area contributed by atoms with Crippen molar-refractivity contribution in [3.63, 3.8) is 0 Å². The number of aryl methyl sites for hydroxylation is 1. The molecule has 2 saturated heterocycles. The van der Waals surface area contributed by atoms with Gasteiger partial charge in [-0.15, -0.1) is 0 Å². The molecule has 2 aliphatic heterocycles. The summed E-state index contributed by atoms with van der Waals surface area (Å²) in [6, 6.07) is 12.0. The monoisotopic (exact) mass is 364 g/mol. The van der Waals surface area contributed by atoms with Gasteiger partial charge in [-0.3, -0.25) is 9.69 Å². The van der Waals surface area contributed by atoms with Gasteiger partial charge in [-0.05, 0) is 38.3 Å². The Bertz CT molecular complexity index is 891. The van der Waals surface area contributed by atoms with E-state index in [-0.39, 0.29) is 18.1 Å². The number of pyridine rings is 1. The molecule has 1 unspecified atom stereocenters. The molecule has 2 aliphatic rings. The zero-order valence-electron chi connectivity index (χ0n) is 15.6. The van der Waals surface area contributed by atoms with Crippen LogP contribution >= 0.6 is 0 Å². The number of hydrogen-bond acceptors (Lipinski definition) is 5. The van der Waals surface area contributed by atoms with Gasteiger partial charge in [0.05, 0.1) is 12.6 Å². The third kappa shape index (κ3) is 3.74. The summed E-state index contributed by atoms with van der Waals surface area (Å²) < 4.78 is 6.24. The molecule has 2 atom stereocenters. The maximum Gasteiger partial charge on any atom is 0.237 e. The van der Waals surface area contributed by atoms with E-state index in [1.54, 1.807) is 4.90 Å². The molecule has 2 aromatic rings. The first-order valence-corrected chi connectivity index (χ1v) is 9.58. The van der Waals surface area contributed by atoms with Crippen molar-refractivity contribution in [3.8, 4) is 11.8 Å². The summed E-state index contributed by atoms with van der Waals surface area (Å²) >= 11 is 0. The zero-order chi connectivity index (χ0) is 18.8. The number of rotatable bonds is 4. The number of carbonyl (C=O) groups excluding carboxylic acids is 1. The zero-order valence-corrected chi connectivity index (χ0v) is 15.6. The number of para-hydroxylation sites is 1. The summed E-state index contributed by atoms with van der Waals surface area (Å²) in [4.78, 5) is 21.0. The molecule has 1 amide bonds. The van der Waals surface area contributed by atoms with Crippen molar-refractivity contribution >= 4 is 16.8 Å². The number of benzene rings is 1. The average molecular weight is 364 g/mol. The van der Waals surface area contributed by atoms with Crippen molar-refractivity contribution < 1.29 is 9.53 Å². The Morgan fingerprint density at radius 3 is 3.04 bits per heavy atom. The Morgan fingerprint density at radius 2 is 2.19 bits per heavy atom. The van der Waals surface area contributed by atoms with Crippen molar-refractivity contribution in [1.82, 2.24) is 14.8 Å². The highest BCUT2D eigenvalue weighted by Gasteiger charge is 2.32. The van der Waals surface area contributed by atoms with E-state index in [1.165, 1.54) is 0 Å². The number of carbonyl (C=O) groups is 1. The Kier molecular flexibility index (Phi) is 4.95. The fraction of sp³-hybridized carbons (Fsp3) is 0.476. The number of ether oxygens (including phenoxy) is 1. The molecule has 0 aliphatic carbocycles. The maximum absolute atomic E-state index is 12.5. The van der Waals surface area contributed by atoms with Gasteiger partial charge in [0.15, 0.2) is 0 Å². The summed E-state index contributed by atoms with van der Waals surface area (Å²) in [7, 11) is 0. The summed E-state index contributed by atoms with van der Waals surface area (Å²) in [5.74, 6) is 0.862. The van der Waals surface area contributed by atoms with E-state index in [0.717, 1.165) is 54.7 Å². The Hall–Kier alpha value is -2.65. The molecule has 0 spiro atoms. The molecule has 0 bridgehead atoms. The normalized spacial score (nSPS) is 22.9. The molecule has 2 fully saturated rings. The van der Waals surface area contributed by atoms with Gasteiger partial charge in [-0.2, -0.15) is 5.26 Å². The predicted octanol–water partition coefficient (Wildman–Crippen LogP) is 2.51. The van der Waals surface area contributed by atoms with Gasteiger partial charge >= 0.3 is 0 Å². The van der Waals surface area contributed by atoms with E-state index in [4.69, 9.17) is 4.74 Å². The van der Waals surface area contributed by atoms with Gasteiger partial charge in [0.1, 0.15) is 23.4 Å². The van der Waals surface area contributed by atoms with E-state index >= 15 is 0 Å². The number of nitrogens with zero attached hydrogens (tertiary/aromatic N) is 4. The Balaban J connectivity index is 1.38. The smallest absolute Gasteiger partial charge is 0.237 e. The molecule has 0 saturated carbocycles. The maximum atomic E-state index is 12.5. The van der Waals surface area contributed by atoms with Gasteiger partial charge < -0.3 is 9.64 Å². The minimum absolute atomic E-state index is 0.0519. The van der Waals surface area contributed by atoms with Gasteiger partial charge in [0.2, 0.25) is 5.91 Å². The summed E-state index contributed by atoms with van der Waals surface area (Å²) in [5.41, 5.74) is 1.86. The average Bonchev–Trinajstić information content (AvgIpc) is 3.31. The number of amides is 1. The van der Waals surface area contributed by atoms with E-state index in [0.29, 0.717) is 13.1 Å². The van der Waals surface area contributed by atoms with Crippen LogP contribution in [0.5, 0.6) is 5.75 Å². The van der Waals surface area contributed by atoms with Crippen LogP contribution in [0.25, 0.3) is 10.9 Å². The number of fused-ring (bicyclic) bond motifs is 1. The standard InChI is InChI=1S/C21H24N4O2/c1-15-7-8-16-4-2-6-19(21(16)23-15)27-18-9-11-24(13-18)14-20(26)25-10-3-5-17(25)12-22/h2,4,6-8,17-18H,3,5,9-11,13-14H2,1H3/t17?,18-/m0/s1. The van der Waals surface area contributed by atoms with Crippen LogP contribution in [-0.2, 0) is 4.79 Å². The highest BCUT2D eigenvalue weighted by Crippen LogP contribution is 2.27. The lowest BCUT2D eigenvalue weighted by molar-refractivity contribution is -0.132. The number of aromatic nitrogens is 1. The van der Waals surface area contributed by atoms with Crippen LogP contribution in [0.2, 0.25) is 0 Å². The molecule has 1 aromatic carbocycles. The Morgan fingerprint density at radius 1 is 1.30 bits per heavy atom. The second-order valence-corrected chi connectivity index (χ2v) is 7.42. The largest absolute Gasteiger partial charge is 0.487 e. The minimum Gasteiger partial charge on any atom is -0.487 e. The van der Waals surface area contributed by atoms with Crippen molar-refractivity contribution in [3.05, 3.63) is 36.0 Å². The molecule has 140 valence electrons. The van der Waals surface area contributed by atoms with E-state index < -0.39 is 0 Å². The molecule has 6 heteroatoms. The topological polar surface area (TPSA) is 69.5 Å². The summed E-state index contributed by atoms with van der Waals surface area (Å²) in [6.45, 7) is 4.60. The fourth-order valence-corrected chi connectivity index (χ4v) is 4.01. The van der Waals surface area contributed by atoms with Crippen LogP contribution in [0.1, 0.15) is 25.0 Å². The second-order valence-electron chi connectivity index (χ2n) is 7.42. The van der Waals surface area contributed by atoms with Crippen LogP contribution in [0.15, 0.2) is 30.3 Å². The van der Waals surface area contributed by atoms with Crippen molar-refractivity contribution in [2.75, 3.05) is 26.2 Å². The van der Waals surface area contributed by atoms with Crippen molar-refractivity contribution in [2.24, 2.45) is 0 Å². The summed E-state index contributed by atoms with van der Waals surface area (Å²) in [6.07, 6.45) is 2.65. The second kappa shape index (κ2) is 7.53. The van der Waals surface area contributed by atoms with Gasteiger partial charge in [0.25, 0.3) is 0 Å². The highest BCUT2D eigenvalue weighted by atomic mass is 16.5. The molecule has 27 heavy (non-hydrogen) atoms. The molecule has 0 radical (unpaired) electrons. The van der Waals surface area contributed by atoms with Crippen LogP contribution in [0, 0.1) is 18.3 Å². The molecular formula is C21H24N4O2. The molecule has 0 N–H and O–H groups in total. The SMILES string of the molecule is Cc1ccc2cccc(O[C@H]3CCN(CC(=O)N4CCCC4C#N)C3)c2n1. The van der Waals surface area contributed by atoms with Crippen LogP contribution in [-0.4, -0.2) is 59.0 Å². The van der Waals surface area contributed by atoms with Crippen molar-refractivity contribution in [2.45, 2.75) is 38.3 Å². The lowest BCUT2D eigenvalue weighted by atomic mass is 10.2. The van der Waals surface area contributed by atoms with Gasteiger partial charge in [0, 0.05) is 30.7 Å². The van der Waals surface area contributed by atoms with E-state index in [2.05, 4.69) is 22.0 Å². The number of likely N-dealkylation sites (tertiary alicyclic amines) is 2. The first-order chi connectivity index (χ1) is 13.1. The first kappa shape index (κ1) is 17.7. The predicted molar refractivity (Wildman–Crippen MR) is 102 cm³/mol. The number of nitriles is 1. The van der Waals surface area contributed by atoms with E-state index in [1.807, 2.05) is 31.2 Å². The quantitative estimate of drug-likeness (QED) is 0.834.